The second-order valence-electron chi connectivity index (χ2n) is 4.73. The summed E-state index contributed by atoms with van der Waals surface area (Å²) in [6.45, 7) is 2.71. The van der Waals surface area contributed by atoms with Crippen molar-refractivity contribution in [1.29, 1.82) is 0 Å². The number of nitrogens with zero attached hydrogens (tertiary/aromatic N) is 2. The number of carbonyl (C=O) groups excluding carboxylic acids is 1. The van der Waals surface area contributed by atoms with E-state index in [0.29, 0.717) is 37.7 Å². The average molecular weight is 282 g/mol. The Bertz CT molecular complexity index is 505. The van der Waals surface area contributed by atoms with E-state index in [1.54, 1.807) is 13.1 Å². The normalized spacial score (nSPS) is 18.8. The molecule has 8 heteroatoms. The number of carbonyl (C=O) groups is 1. The van der Waals surface area contributed by atoms with Crippen molar-refractivity contribution in [1.82, 2.24) is 10.3 Å². The number of amides is 1. The van der Waals surface area contributed by atoms with Gasteiger partial charge in [0.05, 0.1) is 12.7 Å². The summed E-state index contributed by atoms with van der Waals surface area (Å²) in [5.41, 5.74) is 4.67. The molecule has 1 amide bonds. The van der Waals surface area contributed by atoms with E-state index < -0.39 is 5.41 Å². The van der Waals surface area contributed by atoms with Gasteiger partial charge in [-0.15, -0.1) is 0 Å². The monoisotopic (exact) mass is 282 g/mol. The minimum absolute atomic E-state index is 0.0955. The molecule has 1 aliphatic rings. The molecule has 2 rings (SSSR count). The molecular weight excluding hydrogens is 264 g/mol. The van der Waals surface area contributed by atoms with E-state index in [0.717, 1.165) is 0 Å². The van der Waals surface area contributed by atoms with Crippen molar-refractivity contribution in [2.45, 2.75) is 26.3 Å². The predicted octanol–water partition coefficient (Wildman–Crippen LogP) is 0.142. The van der Waals surface area contributed by atoms with Gasteiger partial charge in [0.2, 0.25) is 11.8 Å². The lowest BCUT2D eigenvalue weighted by Crippen LogP contribution is -2.52. The summed E-state index contributed by atoms with van der Waals surface area (Å²) < 4.78 is 10.5. The molecule has 1 aromatic heterocycles. The molecule has 1 saturated heterocycles. The second-order valence-corrected chi connectivity index (χ2v) is 4.73. The van der Waals surface area contributed by atoms with Crippen LogP contribution in [0.1, 0.15) is 24.5 Å². The maximum atomic E-state index is 12.4. The van der Waals surface area contributed by atoms with Gasteiger partial charge >= 0.3 is 0 Å². The Morgan fingerprint density at radius 2 is 2.30 bits per heavy atom. The Balaban J connectivity index is 2.07. The number of rotatable bonds is 4. The number of nitrogens with two attached hydrogens (primary N) is 1. The minimum atomic E-state index is -1.03. The van der Waals surface area contributed by atoms with E-state index in [4.69, 9.17) is 20.1 Å². The van der Waals surface area contributed by atoms with Gasteiger partial charge < -0.3 is 25.4 Å². The first-order valence-corrected chi connectivity index (χ1v) is 6.34. The number of aromatic nitrogens is 1. The molecule has 0 saturated carbocycles. The van der Waals surface area contributed by atoms with Crippen LogP contribution < -0.4 is 11.1 Å². The topological polar surface area (TPSA) is 123 Å². The van der Waals surface area contributed by atoms with Gasteiger partial charge in [0, 0.05) is 13.2 Å². The molecule has 0 bridgehead atoms. The fourth-order valence-corrected chi connectivity index (χ4v) is 2.22. The first-order valence-electron chi connectivity index (χ1n) is 6.34. The highest BCUT2D eigenvalue weighted by molar-refractivity contribution is 6.06. The summed E-state index contributed by atoms with van der Waals surface area (Å²) in [4.78, 5) is 16.4. The summed E-state index contributed by atoms with van der Waals surface area (Å²) >= 11 is 0. The quantitative estimate of drug-likeness (QED) is 0.312. The molecule has 0 unspecified atom stereocenters. The van der Waals surface area contributed by atoms with Gasteiger partial charge in [0.25, 0.3) is 0 Å². The van der Waals surface area contributed by atoms with Gasteiger partial charge in [-0.05, 0) is 19.8 Å². The molecular formula is C12H18N4O4. The number of aryl methyl sites for hydroxylation is 1. The lowest BCUT2D eigenvalue weighted by molar-refractivity contribution is -0.131. The lowest BCUT2D eigenvalue weighted by Gasteiger charge is -2.34. The van der Waals surface area contributed by atoms with Crippen molar-refractivity contribution < 1.29 is 19.2 Å². The fraction of sp³-hybridized carbons (Fsp3) is 0.583. The molecule has 0 spiro atoms. The van der Waals surface area contributed by atoms with Crippen molar-refractivity contribution in [2.24, 2.45) is 16.3 Å². The third-order valence-electron chi connectivity index (χ3n) is 3.45. The molecule has 2 heterocycles. The molecule has 8 nitrogen and oxygen atoms in total. The number of hydrogen-bond donors (Lipinski definition) is 3. The van der Waals surface area contributed by atoms with Crippen LogP contribution in [0.2, 0.25) is 0 Å². The molecule has 20 heavy (non-hydrogen) atoms. The third-order valence-corrected chi connectivity index (χ3v) is 3.45. The van der Waals surface area contributed by atoms with Gasteiger partial charge in [-0.25, -0.2) is 4.98 Å². The Kier molecular flexibility index (Phi) is 4.23. The van der Waals surface area contributed by atoms with Crippen molar-refractivity contribution in [3.05, 3.63) is 17.8 Å². The largest absolute Gasteiger partial charge is 0.444 e. The Hall–Kier alpha value is -2.09. The smallest absolute Gasteiger partial charge is 0.234 e. The van der Waals surface area contributed by atoms with Crippen LogP contribution in [-0.4, -0.2) is 35.1 Å². The summed E-state index contributed by atoms with van der Waals surface area (Å²) in [5.74, 6) is 0.679. The molecule has 0 aliphatic carbocycles. The van der Waals surface area contributed by atoms with E-state index >= 15 is 0 Å². The van der Waals surface area contributed by atoms with Gasteiger partial charge in [0.1, 0.15) is 11.2 Å². The number of amidine groups is 1. The van der Waals surface area contributed by atoms with Crippen LogP contribution in [0.5, 0.6) is 0 Å². The molecule has 4 N–H and O–H groups in total. The van der Waals surface area contributed by atoms with Crippen molar-refractivity contribution in [3.63, 3.8) is 0 Å². The van der Waals surface area contributed by atoms with E-state index in [1.807, 2.05) is 0 Å². The first kappa shape index (κ1) is 14.3. The van der Waals surface area contributed by atoms with Crippen LogP contribution in [0.25, 0.3) is 0 Å². The molecule has 1 aliphatic heterocycles. The van der Waals surface area contributed by atoms with Crippen molar-refractivity contribution in [3.8, 4) is 0 Å². The first-order chi connectivity index (χ1) is 9.58. The molecule has 0 radical (unpaired) electrons. The van der Waals surface area contributed by atoms with Gasteiger partial charge in [-0.3, -0.25) is 4.79 Å². The van der Waals surface area contributed by atoms with Gasteiger partial charge in [-0.1, -0.05) is 5.16 Å². The van der Waals surface area contributed by atoms with Crippen LogP contribution >= 0.6 is 0 Å². The van der Waals surface area contributed by atoms with E-state index in [2.05, 4.69) is 15.5 Å². The molecule has 1 fully saturated rings. The van der Waals surface area contributed by atoms with Crippen LogP contribution in [-0.2, 0) is 16.1 Å². The maximum Gasteiger partial charge on any atom is 0.234 e. The standard InChI is InChI=1S/C12H18N4O4/c1-8-6-14-9(20-8)7-15-11(17)12(10(13)16-18)2-4-19-5-3-12/h6,18H,2-5,7H2,1H3,(H2,13,16)(H,15,17). The number of oxime groups is 1. The van der Waals surface area contributed by atoms with E-state index in [1.165, 1.54) is 0 Å². The van der Waals surface area contributed by atoms with Crippen LogP contribution in [0.15, 0.2) is 15.8 Å². The lowest BCUT2D eigenvalue weighted by atomic mass is 9.78. The second kappa shape index (κ2) is 5.91. The van der Waals surface area contributed by atoms with Crippen molar-refractivity contribution >= 4 is 11.7 Å². The summed E-state index contributed by atoms with van der Waals surface area (Å²) in [6.07, 6.45) is 2.33. The Morgan fingerprint density at radius 1 is 1.60 bits per heavy atom. The highest BCUT2D eigenvalue weighted by Gasteiger charge is 2.44. The minimum Gasteiger partial charge on any atom is -0.444 e. The van der Waals surface area contributed by atoms with Gasteiger partial charge in [0.15, 0.2) is 5.84 Å². The molecule has 110 valence electrons. The zero-order chi connectivity index (χ0) is 14.6. The Labute approximate surface area is 116 Å². The SMILES string of the molecule is Cc1cnc(CNC(=O)C2(C(N)=NO)CCOCC2)o1. The highest BCUT2D eigenvalue weighted by Crippen LogP contribution is 2.31. The third kappa shape index (κ3) is 2.74. The van der Waals surface area contributed by atoms with E-state index in [9.17, 15) is 4.79 Å². The van der Waals surface area contributed by atoms with Crippen molar-refractivity contribution in [2.75, 3.05) is 13.2 Å². The van der Waals surface area contributed by atoms with E-state index in [-0.39, 0.29) is 18.3 Å². The van der Waals surface area contributed by atoms with Gasteiger partial charge in [-0.2, -0.15) is 0 Å². The predicted molar refractivity (Wildman–Crippen MR) is 69.0 cm³/mol. The molecule has 0 aromatic carbocycles. The van der Waals surface area contributed by atoms with Crippen LogP contribution in [0.4, 0.5) is 0 Å². The zero-order valence-electron chi connectivity index (χ0n) is 11.3. The van der Waals surface area contributed by atoms with Crippen LogP contribution in [0.3, 0.4) is 0 Å². The number of oxazole rings is 1. The zero-order valence-corrected chi connectivity index (χ0v) is 11.3. The summed E-state index contributed by atoms with van der Waals surface area (Å²) in [6, 6.07) is 0. The fourth-order valence-electron chi connectivity index (χ4n) is 2.22. The number of nitrogens with one attached hydrogen (secondary N) is 1. The average Bonchev–Trinajstić information content (AvgIpc) is 2.90. The molecule has 1 aromatic rings. The maximum absolute atomic E-state index is 12.4. The number of ether oxygens (including phenoxy) is 1. The number of hydrogen-bond acceptors (Lipinski definition) is 6. The molecule has 0 atom stereocenters. The Morgan fingerprint density at radius 3 is 2.85 bits per heavy atom. The summed E-state index contributed by atoms with van der Waals surface area (Å²) in [7, 11) is 0. The van der Waals surface area contributed by atoms with Crippen LogP contribution in [0, 0.1) is 12.3 Å². The summed E-state index contributed by atoms with van der Waals surface area (Å²) in [5, 5.41) is 14.6. The highest BCUT2D eigenvalue weighted by atomic mass is 16.5.